The molecular formula is C19H18N4O2. The highest BCUT2D eigenvalue weighted by Gasteiger charge is 2.19. The molecule has 1 unspecified atom stereocenters. The van der Waals surface area contributed by atoms with E-state index in [9.17, 15) is 9.59 Å². The van der Waals surface area contributed by atoms with Crippen LogP contribution in [0.3, 0.4) is 0 Å². The van der Waals surface area contributed by atoms with Crippen LogP contribution < -0.4 is 11.1 Å². The first kappa shape index (κ1) is 16.6. The Morgan fingerprint density at radius 1 is 1.12 bits per heavy atom. The predicted molar refractivity (Wildman–Crippen MR) is 96.3 cm³/mol. The number of aromatic amines is 1. The molecule has 6 nitrogen and oxygen atoms in total. The quantitative estimate of drug-likeness (QED) is 0.603. The number of nitrogens with zero attached hydrogens (tertiary/aromatic N) is 1. The Morgan fingerprint density at radius 2 is 1.84 bits per heavy atom. The third-order valence-electron chi connectivity index (χ3n) is 4.01. The summed E-state index contributed by atoms with van der Waals surface area (Å²) in [5.41, 5.74) is 9.80. The zero-order valence-corrected chi connectivity index (χ0v) is 13.5. The molecule has 0 spiro atoms. The van der Waals surface area contributed by atoms with Crippen molar-refractivity contribution < 1.29 is 9.59 Å². The highest BCUT2D eigenvalue weighted by Crippen LogP contribution is 2.22. The molecular weight excluding hydrogens is 316 g/mol. The topological polar surface area (TPSA) is 101 Å². The van der Waals surface area contributed by atoms with E-state index < -0.39 is 5.92 Å². The van der Waals surface area contributed by atoms with Crippen molar-refractivity contribution in [3.8, 4) is 11.1 Å². The Labute approximate surface area is 145 Å². The van der Waals surface area contributed by atoms with E-state index in [0.29, 0.717) is 11.3 Å². The van der Waals surface area contributed by atoms with Gasteiger partial charge in [-0.15, -0.1) is 0 Å². The number of nitrogens with two attached hydrogens (primary N) is 1. The van der Waals surface area contributed by atoms with Gasteiger partial charge in [0.1, 0.15) is 6.29 Å². The Balaban J connectivity index is 1.72. The minimum atomic E-state index is -0.478. The maximum absolute atomic E-state index is 12.5. The summed E-state index contributed by atoms with van der Waals surface area (Å²) in [4.78, 5) is 23.3. The first-order valence-electron chi connectivity index (χ1n) is 7.86. The van der Waals surface area contributed by atoms with Gasteiger partial charge in [0, 0.05) is 29.6 Å². The Hall–Kier alpha value is -3.25. The number of amides is 1. The number of benzene rings is 2. The molecule has 0 aliphatic carbocycles. The van der Waals surface area contributed by atoms with Crippen LogP contribution in [0.2, 0.25) is 0 Å². The van der Waals surface area contributed by atoms with E-state index in [1.54, 1.807) is 36.7 Å². The van der Waals surface area contributed by atoms with Gasteiger partial charge in [-0.1, -0.05) is 36.4 Å². The fraction of sp³-hybridized carbons (Fsp3) is 0.105. The molecule has 6 heteroatoms. The maximum atomic E-state index is 12.5. The fourth-order valence-electron chi connectivity index (χ4n) is 2.59. The lowest BCUT2D eigenvalue weighted by Gasteiger charge is -2.15. The first-order valence-corrected chi connectivity index (χ1v) is 7.86. The lowest BCUT2D eigenvalue weighted by molar-refractivity contribution is -0.117. The summed E-state index contributed by atoms with van der Waals surface area (Å²) in [6.45, 7) is 0.180. The zero-order valence-electron chi connectivity index (χ0n) is 13.5. The fourth-order valence-corrected chi connectivity index (χ4v) is 2.59. The van der Waals surface area contributed by atoms with Gasteiger partial charge in [0.05, 0.1) is 12.1 Å². The lowest BCUT2D eigenvalue weighted by atomic mass is 9.97. The average molecular weight is 334 g/mol. The van der Waals surface area contributed by atoms with Crippen LogP contribution in [-0.4, -0.2) is 28.9 Å². The van der Waals surface area contributed by atoms with Crippen LogP contribution in [0.15, 0.2) is 60.9 Å². The van der Waals surface area contributed by atoms with E-state index in [1.165, 1.54) is 0 Å². The second kappa shape index (κ2) is 7.55. The molecule has 0 aliphatic heterocycles. The van der Waals surface area contributed by atoms with Gasteiger partial charge >= 0.3 is 0 Å². The van der Waals surface area contributed by atoms with Gasteiger partial charge in [-0.25, -0.2) is 0 Å². The second-order valence-electron chi connectivity index (χ2n) is 5.63. The van der Waals surface area contributed by atoms with Crippen molar-refractivity contribution in [2.45, 2.75) is 5.92 Å². The molecule has 3 rings (SSSR count). The molecule has 0 aliphatic rings. The summed E-state index contributed by atoms with van der Waals surface area (Å²) in [5.74, 6) is -0.660. The van der Waals surface area contributed by atoms with Crippen LogP contribution in [0.5, 0.6) is 0 Å². The predicted octanol–water partition coefficient (Wildman–Crippen LogP) is 2.57. The molecule has 1 amide bonds. The summed E-state index contributed by atoms with van der Waals surface area (Å²) >= 11 is 0. The smallest absolute Gasteiger partial charge is 0.233 e. The van der Waals surface area contributed by atoms with Gasteiger partial charge in [0.25, 0.3) is 0 Å². The van der Waals surface area contributed by atoms with E-state index in [1.807, 2.05) is 24.3 Å². The van der Waals surface area contributed by atoms with Gasteiger partial charge in [-0.3, -0.25) is 14.7 Å². The van der Waals surface area contributed by atoms with Crippen LogP contribution in [-0.2, 0) is 4.79 Å². The molecule has 1 aromatic heterocycles. The molecule has 1 heterocycles. The van der Waals surface area contributed by atoms with E-state index >= 15 is 0 Å². The Bertz CT molecular complexity index is 840. The van der Waals surface area contributed by atoms with Crippen molar-refractivity contribution in [2.24, 2.45) is 5.73 Å². The van der Waals surface area contributed by atoms with Crippen LogP contribution >= 0.6 is 0 Å². The molecule has 0 fully saturated rings. The molecule has 1 atom stereocenters. The molecule has 126 valence electrons. The molecule has 2 aromatic carbocycles. The largest absolute Gasteiger partial charge is 0.329 e. The van der Waals surface area contributed by atoms with Gasteiger partial charge < -0.3 is 11.1 Å². The first-order chi connectivity index (χ1) is 12.2. The van der Waals surface area contributed by atoms with Gasteiger partial charge in [0.2, 0.25) is 5.91 Å². The number of H-pyrrole nitrogens is 1. The molecule has 0 radical (unpaired) electrons. The number of carbonyl (C=O) groups is 2. The number of anilines is 1. The van der Waals surface area contributed by atoms with Crippen molar-refractivity contribution in [1.29, 1.82) is 0 Å². The van der Waals surface area contributed by atoms with E-state index in [4.69, 9.17) is 5.73 Å². The van der Waals surface area contributed by atoms with Gasteiger partial charge in [-0.2, -0.15) is 5.10 Å². The summed E-state index contributed by atoms with van der Waals surface area (Å²) < 4.78 is 0. The third kappa shape index (κ3) is 3.81. The lowest BCUT2D eigenvalue weighted by Crippen LogP contribution is -2.27. The van der Waals surface area contributed by atoms with Crippen LogP contribution in [0.1, 0.15) is 21.8 Å². The van der Waals surface area contributed by atoms with Crippen molar-refractivity contribution in [2.75, 3.05) is 11.9 Å². The van der Waals surface area contributed by atoms with Crippen molar-refractivity contribution in [3.05, 3.63) is 72.1 Å². The average Bonchev–Trinajstić information content (AvgIpc) is 3.18. The normalized spacial score (nSPS) is 11.7. The number of carbonyl (C=O) groups excluding carboxylic acids is 2. The molecule has 0 bridgehead atoms. The summed E-state index contributed by atoms with van der Waals surface area (Å²) in [5, 5.41) is 9.57. The third-order valence-corrected chi connectivity index (χ3v) is 4.01. The highest BCUT2D eigenvalue weighted by atomic mass is 16.1. The minimum absolute atomic E-state index is 0.180. The number of aldehydes is 1. The monoisotopic (exact) mass is 334 g/mol. The van der Waals surface area contributed by atoms with Crippen molar-refractivity contribution in [3.63, 3.8) is 0 Å². The number of aromatic nitrogens is 2. The Morgan fingerprint density at radius 3 is 2.40 bits per heavy atom. The molecule has 0 saturated carbocycles. The maximum Gasteiger partial charge on any atom is 0.233 e. The molecule has 0 saturated heterocycles. The van der Waals surface area contributed by atoms with Crippen LogP contribution in [0.4, 0.5) is 5.69 Å². The standard InChI is InChI=1S/C19H18N4O2/c20-9-18(15-3-1-13(12-24)2-4-15)19(25)23-17-7-5-14(6-8-17)16-10-21-22-11-16/h1-8,10-12,18H,9,20H2,(H,21,22)(H,23,25). The number of rotatable bonds is 6. The zero-order chi connectivity index (χ0) is 17.6. The summed E-state index contributed by atoms with van der Waals surface area (Å²) in [7, 11) is 0. The van der Waals surface area contributed by atoms with Crippen molar-refractivity contribution >= 4 is 17.9 Å². The second-order valence-corrected chi connectivity index (χ2v) is 5.63. The highest BCUT2D eigenvalue weighted by molar-refractivity contribution is 5.96. The number of hydrogen-bond acceptors (Lipinski definition) is 4. The number of hydrogen-bond donors (Lipinski definition) is 3. The van der Waals surface area contributed by atoms with Crippen LogP contribution in [0, 0.1) is 0 Å². The Kier molecular flexibility index (Phi) is 5.01. The SMILES string of the molecule is NCC(C(=O)Nc1ccc(-c2cn[nH]c2)cc1)c1ccc(C=O)cc1. The van der Waals surface area contributed by atoms with Gasteiger partial charge in [-0.05, 0) is 23.3 Å². The minimum Gasteiger partial charge on any atom is -0.329 e. The van der Waals surface area contributed by atoms with Crippen LogP contribution in [0.25, 0.3) is 11.1 Å². The van der Waals surface area contributed by atoms with E-state index in [0.717, 1.165) is 23.0 Å². The molecule has 25 heavy (non-hydrogen) atoms. The summed E-state index contributed by atoms with van der Waals surface area (Å²) in [6, 6.07) is 14.4. The number of nitrogens with one attached hydrogen (secondary N) is 2. The summed E-state index contributed by atoms with van der Waals surface area (Å²) in [6.07, 6.45) is 4.31. The van der Waals surface area contributed by atoms with Crippen molar-refractivity contribution in [1.82, 2.24) is 10.2 Å². The molecule has 3 aromatic rings. The van der Waals surface area contributed by atoms with Gasteiger partial charge in [0.15, 0.2) is 0 Å². The molecule has 4 N–H and O–H groups in total. The van der Waals surface area contributed by atoms with E-state index in [-0.39, 0.29) is 12.5 Å². The van der Waals surface area contributed by atoms with E-state index in [2.05, 4.69) is 15.5 Å².